The molecule has 0 aliphatic carbocycles. The molecule has 1 heterocycles. The molecule has 0 bridgehead atoms. The monoisotopic (exact) mass is 211 g/mol. The summed E-state index contributed by atoms with van der Waals surface area (Å²) in [5, 5.41) is 1.95. The van der Waals surface area contributed by atoms with Crippen molar-refractivity contribution in [2.75, 3.05) is 0 Å². The zero-order chi connectivity index (χ0) is 11.6. The predicted octanol–water partition coefficient (Wildman–Crippen LogP) is 2.32. The van der Waals surface area contributed by atoms with Gasteiger partial charge in [0.1, 0.15) is 5.78 Å². The summed E-state index contributed by atoms with van der Waals surface area (Å²) >= 11 is 0. The standard InChI is InChI=1S/C12H21NO2/c1-6-10(3)15-13-9(2)7-11(14)8-12(13,4)5/h6,9-10H,1,7-8H2,2-5H3. The van der Waals surface area contributed by atoms with Crippen molar-refractivity contribution in [3.8, 4) is 0 Å². The Morgan fingerprint density at radius 3 is 2.73 bits per heavy atom. The molecule has 3 nitrogen and oxygen atoms in total. The van der Waals surface area contributed by atoms with E-state index in [1.54, 1.807) is 6.08 Å². The van der Waals surface area contributed by atoms with Crippen LogP contribution in [0.15, 0.2) is 12.7 Å². The lowest BCUT2D eigenvalue weighted by Gasteiger charge is -2.45. The van der Waals surface area contributed by atoms with Crippen LogP contribution in [0.25, 0.3) is 0 Å². The van der Waals surface area contributed by atoms with Gasteiger partial charge in [-0.15, -0.1) is 6.58 Å². The largest absolute Gasteiger partial charge is 0.300 e. The Balaban J connectivity index is 2.75. The van der Waals surface area contributed by atoms with Gasteiger partial charge in [0.15, 0.2) is 0 Å². The van der Waals surface area contributed by atoms with Crippen LogP contribution in [-0.2, 0) is 9.63 Å². The summed E-state index contributed by atoms with van der Waals surface area (Å²) in [5.41, 5.74) is -0.216. The van der Waals surface area contributed by atoms with Crippen molar-refractivity contribution in [1.29, 1.82) is 0 Å². The summed E-state index contributed by atoms with van der Waals surface area (Å²) in [7, 11) is 0. The van der Waals surface area contributed by atoms with Gasteiger partial charge in [0.25, 0.3) is 0 Å². The van der Waals surface area contributed by atoms with E-state index in [0.717, 1.165) is 0 Å². The highest BCUT2D eigenvalue weighted by molar-refractivity contribution is 5.81. The second-order valence-electron chi connectivity index (χ2n) is 4.95. The molecule has 0 aromatic carbocycles. The number of nitrogens with zero attached hydrogens (tertiary/aromatic N) is 1. The van der Waals surface area contributed by atoms with E-state index in [2.05, 4.69) is 6.58 Å². The smallest absolute Gasteiger partial charge is 0.136 e. The fourth-order valence-corrected chi connectivity index (χ4v) is 2.11. The molecule has 1 saturated heterocycles. The Hall–Kier alpha value is -0.670. The lowest BCUT2D eigenvalue weighted by molar-refractivity contribution is -0.260. The quantitative estimate of drug-likeness (QED) is 0.671. The van der Waals surface area contributed by atoms with Gasteiger partial charge in [0, 0.05) is 24.4 Å². The number of hydrogen-bond acceptors (Lipinski definition) is 3. The molecule has 2 atom stereocenters. The van der Waals surface area contributed by atoms with Gasteiger partial charge in [0.05, 0.1) is 6.10 Å². The summed E-state index contributed by atoms with van der Waals surface area (Å²) in [5.74, 6) is 0.318. The zero-order valence-corrected chi connectivity index (χ0v) is 10.1. The third-order valence-corrected chi connectivity index (χ3v) is 2.76. The zero-order valence-electron chi connectivity index (χ0n) is 10.1. The first kappa shape index (κ1) is 12.4. The van der Waals surface area contributed by atoms with Crippen molar-refractivity contribution in [3.05, 3.63) is 12.7 Å². The van der Waals surface area contributed by atoms with E-state index in [1.807, 2.05) is 32.8 Å². The van der Waals surface area contributed by atoms with Gasteiger partial charge in [-0.05, 0) is 27.7 Å². The van der Waals surface area contributed by atoms with Crippen LogP contribution in [0.1, 0.15) is 40.5 Å². The first-order chi connectivity index (χ1) is 6.86. The van der Waals surface area contributed by atoms with E-state index in [4.69, 9.17) is 4.84 Å². The van der Waals surface area contributed by atoms with Gasteiger partial charge in [-0.25, -0.2) is 0 Å². The van der Waals surface area contributed by atoms with Gasteiger partial charge in [-0.2, -0.15) is 5.06 Å². The highest BCUT2D eigenvalue weighted by Gasteiger charge is 2.39. The van der Waals surface area contributed by atoms with Crippen molar-refractivity contribution in [3.63, 3.8) is 0 Å². The van der Waals surface area contributed by atoms with Gasteiger partial charge in [-0.1, -0.05) is 6.08 Å². The molecule has 1 aliphatic heterocycles. The van der Waals surface area contributed by atoms with E-state index >= 15 is 0 Å². The first-order valence-corrected chi connectivity index (χ1v) is 5.47. The lowest BCUT2D eigenvalue weighted by Crippen LogP contribution is -2.55. The highest BCUT2D eigenvalue weighted by Crippen LogP contribution is 2.30. The molecular formula is C12H21NO2. The molecule has 1 aliphatic rings. The minimum Gasteiger partial charge on any atom is -0.300 e. The van der Waals surface area contributed by atoms with Crippen molar-refractivity contribution in [1.82, 2.24) is 5.06 Å². The summed E-state index contributed by atoms with van der Waals surface area (Å²) in [4.78, 5) is 17.3. The summed E-state index contributed by atoms with van der Waals surface area (Å²) in [6.07, 6.45) is 2.88. The van der Waals surface area contributed by atoms with Crippen molar-refractivity contribution in [2.24, 2.45) is 0 Å². The van der Waals surface area contributed by atoms with E-state index in [9.17, 15) is 4.79 Å². The molecule has 0 aromatic rings. The van der Waals surface area contributed by atoms with Crippen LogP contribution in [0.5, 0.6) is 0 Å². The molecule has 1 rings (SSSR count). The number of carbonyl (C=O) groups is 1. The van der Waals surface area contributed by atoms with Crippen LogP contribution in [0.3, 0.4) is 0 Å². The molecule has 3 heteroatoms. The number of hydroxylamine groups is 2. The third-order valence-electron chi connectivity index (χ3n) is 2.76. The SMILES string of the molecule is C=CC(C)ON1C(C)CC(=O)CC1(C)C. The average molecular weight is 211 g/mol. The molecule has 15 heavy (non-hydrogen) atoms. The predicted molar refractivity (Wildman–Crippen MR) is 60.4 cm³/mol. The maximum absolute atomic E-state index is 11.5. The molecule has 0 spiro atoms. The van der Waals surface area contributed by atoms with Crippen LogP contribution >= 0.6 is 0 Å². The minimum absolute atomic E-state index is 0.0140. The fourth-order valence-electron chi connectivity index (χ4n) is 2.11. The number of ketones is 1. The normalized spacial score (nSPS) is 28.8. The maximum Gasteiger partial charge on any atom is 0.136 e. The second kappa shape index (κ2) is 4.45. The summed E-state index contributed by atoms with van der Waals surface area (Å²) in [6.45, 7) is 11.7. The Kier molecular flexibility index (Phi) is 3.68. The number of carbonyl (C=O) groups excluding carboxylic acids is 1. The molecule has 0 amide bonds. The van der Waals surface area contributed by atoms with Gasteiger partial charge in [0.2, 0.25) is 0 Å². The highest BCUT2D eigenvalue weighted by atomic mass is 16.7. The number of hydrogen-bond donors (Lipinski definition) is 0. The molecule has 0 radical (unpaired) electrons. The second-order valence-corrected chi connectivity index (χ2v) is 4.95. The van der Waals surface area contributed by atoms with Crippen LogP contribution in [0, 0.1) is 0 Å². The minimum atomic E-state index is -0.216. The topological polar surface area (TPSA) is 29.5 Å². The van der Waals surface area contributed by atoms with Crippen LogP contribution in [-0.4, -0.2) is 28.5 Å². The first-order valence-electron chi connectivity index (χ1n) is 5.47. The van der Waals surface area contributed by atoms with E-state index in [-0.39, 0.29) is 17.7 Å². The van der Waals surface area contributed by atoms with Crippen LogP contribution in [0.4, 0.5) is 0 Å². The Bertz CT molecular complexity index is 260. The Morgan fingerprint density at radius 2 is 2.27 bits per heavy atom. The van der Waals surface area contributed by atoms with Crippen molar-refractivity contribution in [2.45, 2.75) is 58.2 Å². The summed E-state index contributed by atoms with van der Waals surface area (Å²) < 4.78 is 0. The molecular weight excluding hydrogens is 190 g/mol. The third kappa shape index (κ3) is 2.89. The Morgan fingerprint density at radius 1 is 1.67 bits per heavy atom. The van der Waals surface area contributed by atoms with Gasteiger partial charge >= 0.3 is 0 Å². The molecule has 2 unspecified atom stereocenters. The van der Waals surface area contributed by atoms with E-state index in [1.165, 1.54) is 0 Å². The van der Waals surface area contributed by atoms with Gasteiger partial charge < -0.3 is 0 Å². The molecule has 86 valence electrons. The molecule has 0 aromatic heterocycles. The van der Waals surface area contributed by atoms with Crippen molar-refractivity contribution >= 4 is 5.78 Å². The fraction of sp³-hybridized carbons (Fsp3) is 0.750. The summed E-state index contributed by atoms with van der Waals surface area (Å²) in [6, 6.07) is 0.142. The average Bonchev–Trinajstić information content (AvgIpc) is 2.09. The molecule has 1 fully saturated rings. The number of piperidine rings is 1. The molecule has 0 N–H and O–H groups in total. The maximum atomic E-state index is 11.5. The van der Waals surface area contributed by atoms with E-state index in [0.29, 0.717) is 18.6 Å². The van der Waals surface area contributed by atoms with E-state index < -0.39 is 0 Å². The van der Waals surface area contributed by atoms with Gasteiger partial charge in [-0.3, -0.25) is 9.63 Å². The van der Waals surface area contributed by atoms with Crippen LogP contribution < -0.4 is 0 Å². The van der Waals surface area contributed by atoms with Crippen molar-refractivity contribution < 1.29 is 9.63 Å². The number of Topliss-reactive ketones (excluding diaryl/α,β-unsaturated/α-hetero) is 1. The number of rotatable bonds is 3. The lowest BCUT2D eigenvalue weighted by atomic mass is 9.88. The molecule has 0 saturated carbocycles. The Labute approximate surface area is 92.0 Å². The van der Waals surface area contributed by atoms with Crippen LogP contribution in [0.2, 0.25) is 0 Å².